The maximum atomic E-state index is 14.5. The van der Waals surface area contributed by atoms with E-state index in [-0.39, 0.29) is 34.7 Å². The van der Waals surface area contributed by atoms with Crippen LogP contribution in [0.1, 0.15) is 35.6 Å². The van der Waals surface area contributed by atoms with Gasteiger partial charge in [-0.15, -0.1) is 0 Å². The second-order valence-electron chi connectivity index (χ2n) is 7.74. The predicted octanol–water partition coefficient (Wildman–Crippen LogP) is 3.06. The summed E-state index contributed by atoms with van der Waals surface area (Å²) in [5.41, 5.74) is -0.652. The summed E-state index contributed by atoms with van der Waals surface area (Å²) in [6.07, 6.45) is 0.782. The zero-order chi connectivity index (χ0) is 21.9. The van der Waals surface area contributed by atoms with Crippen LogP contribution in [-0.2, 0) is 10.3 Å². The zero-order valence-corrected chi connectivity index (χ0v) is 16.0. The largest absolute Gasteiger partial charge is 0.491 e. The Balaban J connectivity index is 1.37. The molecule has 1 spiro atoms. The summed E-state index contributed by atoms with van der Waals surface area (Å²) in [6, 6.07) is 5.10. The third kappa shape index (κ3) is 2.88. The molecule has 5 rings (SSSR count). The molecule has 3 aliphatic rings. The molecule has 1 fully saturated rings. The Bertz CT molecular complexity index is 1190. The van der Waals surface area contributed by atoms with Crippen molar-refractivity contribution in [1.29, 1.82) is 5.26 Å². The fourth-order valence-electron chi connectivity index (χ4n) is 4.35. The quantitative estimate of drug-likeness (QED) is 0.786. The molecular weight excluding hydrogens is 413 g/mol. The number of carbonyl (C=O) groups excluding carboxylic acids is 2. The van der Waals surface area contributed by atoms with E-state index < -0.39 is 47.5 Å². The number of rotatable bonds is 3. The van der Waals surface area contributed by atoms with Crippen LogP contribution in [0.25, 0.3) is 0 Å². The summed E-state index contributed by atoms with van der Waals surface area (Å²) < 4.78 is 48.1. The summed E-state index contributed by atoms with van der Waals surface area (Å²) in [4.78, 5) is 26.5. The van der Waals surface area contributed by atoms with Crippen LogP contribution < -0.4 is 15.4 Å². The number of halogens is 3. The highest BCUT2D eigenvalue weighted by atomic mass is 19.2. The monoisotopic (exact) mass is 428 g/mol. The van der Waals surface area contributed by atoms with Crippen molar-refractivity contribution in [2.75, 3.05) is 18.5 Å². The number of nitriles is 1. The number of carbonyl (C=O) groups is 2. The van der Waals surface area contributed by atoms with Gasteiger partial charge >= 0.3 is 6.03 Å². The molecule has 0 radical (unpaired) electrons. The minimum absolute atomic E-state index is 0.0320. The highest BCUT2D eigenvalue weighted by molar-refractivity contribution is 5.97. The molecule has 0 bridgehead atoms. The molecule has 0 aromatic heterocycles. The van der Waals surface area contributed by atoms with Gasteiger partial charge in [-0.2, -0.15) is 5.26 Å². The van der Waals surface area contributed by atoms with E-state index in [1.54, 1.807) is 0 Å². The average Bonchev–Trinajstić information content (AvgIpc) is 3.41. The molecule has 2 N–H and O–H groups in total. The number of hydrogen-bond acceptors (Lipinski definition) is 4. The summed E-state index contributed by atoms with van der Waals surface area (Å²) in [7, 11) is 0. The number of nitrogens with zero attached hydrogens (tertiary/aromatic N) is 2. The van der Waals surface area contributed by atoms with Gasteiger partial charge in [-0.25, -0.2) is 18.0 Å². The molecule has 1 atom stereocenters. The standard InChI is InChI=1S/C21H15F3N4O3/c22-11-1-2-13-18(19(11)24)21(3-4-21)28(20(30)27-13)8-16(29)26-14-9-31-15-6-10(7-25)5-12(23)17(14)15/h1-2,5-6,14H,3-4,8-9H2,(H,26,29)(H,27,30)/t14-/m1/s1. The van der Waals surface area contributed by atoms with Gasteiger partial charge in [0.2, 0.25) is 5.91 Å². The van der Waals surface area contributed by atoms with Crippen LogP contribution in [-0.4, -0.2) is 30.0 Å². The second kappa shape index (κ2) is 6.63. The lowest BCUT2D eigenvalue weighted by atomic mass is 9.97. The Morgan fingerprint density at radius 1 is 1.29 bits per heavy atom. The highest BCUT2D eigenvalue weighted by Crippen LogP contribution is 2.56. The lowest BCUT2D eigenvalue weighted by Gasteiger charge is -2.37. The maximum Gasteiger partial charge on any atom is 0.323 e. The summed E-state index contributed by atoms with van der Waals surface area (Å²) in [6.45, 7) is -0.460. The van der Waals surface area contributed by atoms with Gasteiger partial charge in [-0.1, -0.05) is 0 Å². The molecule has 31 heavy (non-hydrogen) atoms. The molecule has 7 nitrogen and oxygen atoms in total. The lowest BCUT2D eigenvalue weighted by molar-refractivity contribution is -0.123. The number of benzene rings is 2. The van der Waals surface area contributed by atoms with Crippen LogP contribution in [0, 0.1) is 28.8 Å². The van der Waals surface area contributed by atoms with E-state index in [9.17, 15) is 22.8 Å². The minimum Gasteiger partial charge on any atom is -0.491 e. The van der Waals surface area contributed by atoms with E-state index >= 15 is 0 Å². The van der Waals surface area contributed by atoms with Crippen molar-refractivity contribution in [3.8, 4) is 11.8 Å². The van der Waals surface area contributed by atoms with Crippen molar-refractivity contribution in [1.82, 2.24) is 10.2 Å². The molecule has 2 aromatic carbocycles. The predicted molar refractivity (Wildman–Crippen MR) is 100 cm³/mol. The van der Waals surface area contributed by atoms with Gasteiger partial charge in [-0.05, 0) is 37.1 Å². The minimum atomic E-state index is -1.09. The number of anilines is 1. The lowest BCUT2D eigenvalue weighted by Crippen LogP contribution is -2.52. The first-order valence-electron chi connectivity index (χ1n) is 9.57. The van der Waals surface area contributed by atoms with Gasteiger partial charge in [0.05, 0.1) is 34.5 Å². The molecule has 2 aliphatic heterocycles. The first kappa shape index (κ1) is 19.2. The van der Waals surface area contributed by atoms with E-state index in [2.05, 4.69) is 10.6 Å². The van der Waals surface area contributed by atoms with Crippen LogP contribution in [0.5, 0.6) is 5.75 Å². The molecular formula is C21H15F3N4O3. The molecule has 1 saturated carbocycles. The molecule has 2 heterocycles. The fraction of sp³-hybridized carbons (Fsp3) is 0.286. The van der Waals surface area contributed by atoms with E-state index in [1.165, 1.54) is 17.0 Å². The van der Waals surface area contributed by atoms with Crippen molar-refractivity contribution >= 4 is 17.6 Å². The van der Waals surface area contributed by atoms with Crippen LogP contribution in [0.15, 0.2) is 24.3 Å². The van der Waals surface area contributed by atoms with E-state index in [0.717, 1.165) is 12.1 Å². The van der Waals surface area contributed by atoms with E-state index in [0.29, 0.717) is 12.8 Å². The molecule has 3 amide bonds. The van der Waals surface area contributed by atoms with Crippen LogP contribution in [0.3, 0.4) is 0 Å². The van der Waals surface area contributed by atoms with Crippen molar-refractivity contribution in [3.05, 3.63) is 58.4 Å². The number of nitrogens with one attached hydrogen (secondary N) is 2. The second-order valence-corrected chi connectivity index (χ2v) is 7.74. The fourth-order valence-corrected chi connectivity index (χ4v) is 4.35. The Morgan fingerprint density at radius 2 is 2.06 bits per heavy atom. The number of ether oxygens (including phenoxy) is 1. The van der Waals surface area contributed by atoms with Gasteiger partial charge in [0.15, 0.2) is 11.6 Å². The van der Waals surface area contributed by atoms with E-state index in [4.69, 9.17) is 10.00 Å². The van der Waals surface area contributed by atoms with Crippen LogP contribution >= 0.6 is 0 Å². The number of urea groups is 1. The average molecular weight is 428 g/mol. The first-order chi connectivity index (χ1) is 14.8. The maximum absolute atomic E-state index is 14.5. The molecule has 158 valence electrons. The summed E-state index contributed by atoms with van der Waals surface area (Å²) >= 11 is 0. The third-order valence-electron chi connectivity index (χ3n) is 5.90. The zero-order valence-electron chi connectivity index (χ0n) is 16.0. The highest BCUT2D eigenvalue weighted by Gasteiger charge is 2.57. The molecule has 0 saturated heterocycles. The SMILES string of the molecule is N#Cc1cc(F)c2c(c1)OC[C@H]2NC(=O)CN1C(=O)Nc2ccc(F)c(F)c2C12CC2. The number of fused-ring (bicyclic) bond motifs is 3. The molecule has 0 unspecified atom stereocenters. The molecule has 2 aromatic rings. The van der Waals surface area contributed by atoms with Gasteiger partial charge in [0.1, 0.15) is 24.7 Å². The Kier molecular flexibility index (Phi) is 4.12. The normalized spacial score (nSPS) is 19.7. The van der Waals surface area contributed by atoms with Crippen molar-refractivity contribution in [3.63, 3.8) is 0 Å². The molecule has 1 aliphatic carbocycles. The number of amides is 3. The third-order valence-corrected chi connectivity index (χ3v) is 5.90. The van der Waals surface area contributed by atoms with Gasteiger partial charge in [0.25, 0.3) is 0 Å². The van der Waals surface area contributed by atoms with Gasteiger partial charge in [-0.3, -0.25) is 4.79 Å². The van der Waals surface area contributed by atoms with Crippen molar-refractivity contribution in [2.45, 2.75) is 24.4 Å². The smallest absolute Gasteiger partial charge is 0.323 e. The summed E-state index contributed by atoms with van der Waals surface area (Å²) in [5.74, 6) is -3.20. The van der Waals surface area contributed by atoms with Crippen LogP contribution in [0.2, 0.25) is 0 Å². The molecule has 10 heteroatoms. The topological polar surface area (TPSA) is 94.5 Å². The van der Waals surface area contributed by atoms with Gasteiger partial charge in [0, 0.05) is 5.56 Å². The van der Waals surface area contributed by atoms with Gasteiger partial charge < -0.3 is 20.3 Å². The Hall–Kier alpha value is -3.74. The van der Waals surface area contributed by atoms with Crippen molar-refractivity contribution in [2.24, 2.45) is 0 Å². The van der Waals surface area contributed by atoms with E-state index in [1.807, 2.05) is 6.07 Å². The van der Waals surface area contributed by atoms with Crippen molar-refractivity contribution < 1.29 is 27.5 Å². The summed E-state index contributed by atoms with van der Waals surface area (Å²) in [5, 5.41) is 14.1. The first-order valence-corrected chi connectivity index (χ1v) is 9.57. The Morgan fingerprint density at radius 3 is 2.77 bits per heavy atom. The van der Waals surface area contributed by atoms with Crippen LogP contribution in [0.4, 0.5) is 23.7 Å². The Labute approximate surface area is 174 Å². The number of hydrogen-bond donors (Lipinski definition) is 2.